The van der Waals surface area contributed by atoms with Crippen LogP contribution in [0.25, 0.3) is 0 Å². The van der Waals surface area contributed by atoms with Crippen LogP contribution in [0.2, 0.25) is 0 Å². The average Bonchev–Trinajstić information content (AvgIpc) is 2.88. The van der Waals surface area contributed by atoms with Crippen molar-refractivity contribution < 1.29 is 29.1 Å². The molecule has 0 aromatic carbocycles. The van der Waals surface area contributed by atoms with Gasteiger partial charge in [-0.25, -0.2) is 9.59 Å². The lowest BCUT2D eigenvalue weighted by Crippen LogP contribution is -2.16. The topological polar surface area (TPSA) is 71.1 Å². The molecule has 2 radical (unpaired) electrons. The van der Waals surface area contributed by atoms with Crippen LogP contribution in [0.4, 0.5) is 0 Å². The van der Waals surface area contributed by atoms with Gasteiger partial charge in [0.1, 0.15) is 0 Å². The molecule has 0 saturated heterocycles. The van der Waals surface area contributed by atoms with Gasteiger partial charge in [-0.1, -0.05) is 136 Å². The minimum Gasteiger partial charge on any atom is -0.295 e. The van der Waals surface area contributed by atoms with Crippen molar-refractivity contribution in [3.8, 4) is 0 Å². The summed E-state index contributed by atoms with van der Waals surface area (Å²) in [6, 6.07) is 0. The molecule has 0 aromatic rings. The van der Waals surface area contributed by atoms with Crippen LogP contribution in [0.1, 0.15) is 168 Å². The fourth-order valence-corrected chi connectivity index (χ4v) is 3.97. The van der Waals surface area contributed by atoms with E-state index in [1.807, 2.05) is 0 Å². The summed E-state index contributed by atoms with van der Waals surface area (Å²) in [6.45, 7) is 8.27. The highest BCUT2D eigenvalue weighted by Gasteiger charge is 2.20. The van der Waals surface area contributed by atoms with Gasteiger partial charge < -0.3 is 0 Å². The molecule has 0 spiro atoms. The largest absolute Gasteiger partial charge is 0.342 e. The van der Waals surface area contributed by atoms with Crippen LogP contribution in [0.3, 0.4) is 0 Å². The summed E-state index contributed by atoms with van der Waals surface area (Å²) in [5.41, 5.74) is 0. The standard InChI is InChI=1S/C30H56O6/c1-4-7-10-12-14-16-18-20-23-25-28(31)33-35-30(27-22-9-6-3)36-34-29(32)26-24-21-19-17-15-13-11-8-5-2/h3-27H2,1-2H3. The van der Waals surface area contributed by atoms with Crippen molar-refractivity contribution in [1.29, 1.82) is 0 Å². The van der Waals surface area contributed by atoms with Gasteiger partial charge in [0, 0.05) is 19.3 Å². The fraction of sp³-hybridized carbons (Fsp3) is 0.867. The second-order valence-electron chi connectivity index (χ2n) is 9.92. The molecule has 0 aliphatic heterocycles. The zero-order chi connectivity index (χ0) is 26.5. The summed E-state index contributed by atoms with van der Waals surface area (Å²) < 4.78 is 0. The van der Waals surface area contributed by atoms with E-state index in [2.05, 4.69) is 20.8 Å². The summed E-state index contributed by atoms with van der Waals surface area (Å²) in [5, 5.41) is 0. The van der Waals surface area contributed by atoms with Gasteiger partial charge in [0.15, 0.2) is 0 Å². The van der Waals surface area contributed by atoms with Gasteiger partial charge in [-0.3, -0.25) is 9.78 Å². The molecule has 0 aliphatic rings. The highest BCUT2D eigenvalue weighted by atomic mass is 17.3. The number of rotatable bonds is 28. The molecule has 0 aliphatic carbocycles. The Morgan fingerprint density at radius 1 is 0.444 bits per heavy atom. The highest BCUT2D eigenvalue weighted by molar-refractivity contribution is 5.69. The van der Waals surface area contributed by atoms with Gasteiger partial charge >= 0.3 is 18.2 Å². The first-order chi connectivity index (χ1) is 17.6. The summed E-state index contributed by atoms with van der Waals surface area (Å²) >= 11 is 0. The van der Waals surface area contributed by atoms with Crippen LogP contribution >= 0.6 is 0 Å². The van der Waals surface area contributed by atoms with Crippen LogP contribution < -0.4 is 0 Å². The molecule has 0 amide bonds. The molecule has 6 nitrogen and oxygen atoms in total. The van der Waals surface area contributed by atoms with Gasteiger partial charge in [0.2, 0.25) is 0 Å². The van der Waals surface area contributed by atoms with Crippen molar-refractivity contribution in [3.05, 3.63) is 13.2 Å². The van der Waals surface area contributed by atoms with E-state index in [9.17, 15) is 9.59 Å². The van der Waals surface area contributed by atoms with Crippen LogP contribution in [0.15, 0.2) is 0 Å². The highest BCUT2D eigenvalue weighted by Crippen LogP contribution is 2.18. The van der Waals surface area contributed by atoms with E-state index in [1.165, 1.54) is 77.0 Å². The van der Waals surface area contributed by atoms with Crippen LogP contribution in [-0.2, 0) is 29.1 Å². The van der Waals surface area contributed by atoms with Crippen molar-refractivity contribution in [3.63, 3.8) is 0 Å². The zero-order valence-electron chi connectivity index (χ0n) is 23.6. The minimum atomic E-state index is -0.433. The lowest BCUT2D eigenvalue weighted by Gasteiger charge is -2.13. The molecule has 0 rings (SSSR count). The quantitative estimate of drug-likeness (QED) is 0.0590. The molecule has 0 heterocycles. The Hall–Kier alpha value is -1.14. The van der Waals surface area contributed by atoms with E-state index in [0.717, 1.165) is 57.8 Å². The first-order valence-electron chi connectivity index (χ1n) is 15.0. The Labute approximate surface area is 222 Å². The Balaban J connectivity index is 3.91. The molecule has 0 unspecified atom stereocenters. The first kappa shape index (κ1) is 34.9. The molecule has 0 atom stereocenters. The van der Waals surface area contributed by atoms with E-state index in [4.69, 9.17) is 19.6 Å². The molecule has 0 fully saturated rings. The second kappa shape index (κ2) is 28.4. The van der Waals surface area contributed by atoms with Crippen molar-refractivity contribution >= 4 is 11.9 Å². The Morgan fingerprint density at radius 3 is 1.14 bits per heavy atom. The third kappa shape index (κ3) is 25.9. The smallest absolute Gasteiger partial charge is 0.295 e. The normalized spacial score (nSPS) is 11.2. The predicted molar refractivity (Wildman–Crippen MR) is 145 cm³/mol. The Morgan fingerprint density at radius 2 is 0.778 bits per heavy atom. The number of hydrogen-bond acceptors (Lipinski definition) is 6. The van der Waals surface area contributed by atoms with E-state index in [1.54, 1.807) is 0 Å². The Bertz CT molecular complexity index is 444. The van der Waals surface area contributed by atoms with E-state index < -0.39 is 11.9 Å². The molecular formula is C30H56O6. The SMILES string of the molecule is [CH2]CCCC[C](OOC(=O)CCCCCCCCCCC)OOC(=O)CCCCCCCCCCC. The molecule has 0 aromatic heterocycles. The van der Waals surface area contributed by atoms with Crippen LogP contribution in [0, 0.1) is 13.2 Å². The maximum atomic E-state index is 12.0. The number of hydrogen-bond donors (Lipinski definition) is 0. The lowest BCUT2D eigenvalue weighted by molar-refractivity contribution is -0.377. The first-order valence-corrected chi connectivity index (χ1v) is 15.0. The summed E-state index contributed by atoms with van der Waals surface area (Å²) in [7, 11) is 0. The zero-order valence-corrected chi connectivity index (χ0v) is 23.6. The third-order valence-electron chi connectivity index (χ3n) is 6.30. The average molecular weight is 513 g/mol. The Kier molecular flexibility index (Phi) is 27.5. The van der Waals surface area contributed by atoms with E-state index >= 15 is 0 Å². The van der Waals surface area contributed by atoms with Crippen LogP contribution in [0.5, 0.6) is 0 Å². The van der Waals surface area contributed by atoms with Crippen molar-refractivity contribution in [2.24, 2.45) is 0 Å². The van der Waals surface area contributed by atoms with E-state index in [0.29, 0.717) is 19.3 Å². The van der Waals surface area contributed by atoms with Gasteiger partial charge in [-0.05, 0) is 19.3 Å². The maximum Gasteiger partial charge on any atom is 0.342 e. The van der Waals surface area contributed by atoms with E-state index in [-0.39, 0.29) is 6.29 Å². The summed E-state index contributed by atoms with van der Waals surface area (Å²) in [4.78, 5) is 43.9. The van der Waals surface area contributed by atoms with Gasteiger partial charge in [0.25, 0.3) is 0 Å². The van der Waals surface area contributed by atoms with Crippen molar-refractivity contribution in [1.82, 2.24) is 0 Å². The van der Waals surface area contributed by atoms with Crippen molar-refractivity contribution in [2.75, 3.05) is 0 Å². The van der Waals surface area contributed by atoms with Gasteiger partial charge in [-0.2, -0.15) is 0 Å². The number of unbranched alkanes of at least 4 members (excludes halogenated alkanes) is 18. The number of carbonyl (C=O) groups is 2. The van der Waals surface area contributed by atoms with Crippen LogP contribution in [-0.4, -0.2) is 11.9 Å². The molecule has 36 heavy (non-hydrogen) atoms. The molecule has 0 saturated carbocycles. The summed E-state index contributed by atoms with van der Waals surface area (Å²) in [5.74, 6) is -0.866. The molecule has 0 bridgehead atoms. The predicted octanol–water partition coefficient (Wildman–Crippen LogP) is 9.66. The van der Waals surface area contributed by atoms with Gasteiger partial charge in [-0.15, -0.1) is 9.78 Å². The molecule has 212 valence electrons. The third-order valence-corrected chi connectivity index (χ3v) is 6.30. The maximum absolute atomic E-state index is 12.0. The minimum absolute atomic E-state index is 0.00399. The summed E-state index contributed by atoms with van der Waals surface area (Å²) in [6.07, 6.45) is 24.7. The molecular weight excluding hydrogens is 456 g/mol. The second-order valence-corrected chi connectivity index (χ2v) is 9.92. The fourth-order valence-electron chi connectivity index (χ4n) is 3.97. The monoisotopic (exact) mass is 512 g/mol. The van der Waals surface area contributed by atoms with Gasteiger partial charge in [0.05, 0.1) is 0 Å². The molecule has 0 N–H and O–H groups in total. The molecule has 6 heteroatoms. The lowest BCUT2D eigenvalue weighted by atomic mass is 10.1. The number of carbonyl (C=O) groups excluding carboxylic acids is 2. The van der Waals surface area contributed by atoms with Crippen molar-refractivity contribution in [2.45, 2.75) is 168 Å².